The Kier molecular flexibility index (Phi) is 4.18. The molecule has 0 saturated carbocycles. The quantitative estimate of drug-likeness (QED) is 0.630. The van der Waals surface area contributed by atoms with Gasteiger partial charge in [0.1, 0.15) is 10.9 Å². The van der Waals surface area contributed by atoms with Gasteiger partial charge in [-0.1, -0.05) is 47.0 Å². The molecular weight excluding hydrogens is 345 g/mol. The summed E-state index contributed by atoms with van der Waals surface area (Å²) in [6, 6.07) is 0. The van der Waals surface area contributed by atoms with Gasteiger partial charge in [0, 0.05) is 11.5 Å². The molecule has 0 amide bonds. The Morgan fingerprint density at radius 2 is 1.28 bits per heavy atom. The fraction of sp³-hybridized carbons (Fsp3) is 0.600. The lowest BCUT2D eigenvalue weighted by molar-refractivity contribution is -0.0659. The molecule has 8 heteroatoms. The summed E-state index contributed by atoms with van der Waals surface area (Å²) in [5.74, 6) is 2.51. The van der Waals surface area contributed by atoms with Crippen LogP contribution >= 0.6 is 70.6 Å². The van der Waals surface area contributed by atoms with Crippen molar-refractivity contribution in [3.63, 3.8) is 0 Å². The van der Waals surface area contributed by atoms with E-state index in [0.717, 1.165) is 13.2 Å². The molecule has 2 nitrogen and oxygen atoms in total. The van der Waals surface area contributed by atoms with Gasteiger partial charge in [-0.25, -0.2) is 0 Å². The minimum Gasteiger partial charge on any atom is -0.361 e. The second-order valence-electron chi connectivity index (χ2n) is 3.76. The van der Waals surface area contributed by atoms with Gasteiger partial charge in [-0.2, -0.15) is 0 Å². The van der Waals surface area contributed by atoms with Gasteiger partial charge < -0.3 is 9.47 Å². The molecule has 0 aromatic heterocycles. The van der Waals surface area contributed by atoms with Crippen LogP contribution in [0.2, 0.25) is 0 Å². The lowest BCUT2D eigenvalue weighted by Crippen LogP contribution is -2.35. The van der Waals surface area contributed by atoms with Crippen LogP contribution in [-0.2, 0) is 9.47 Å². The number of hydrogen-bond acceptors (Lipinski definition) is 8. The molecule has 98 valence electrons. The molecular formula is C10H10O2S6. The normalized spacial score (nSPS) is 36.0. The Labute approximate surface area is 132 Å². The third kappa shape index (κ3) is 2.52. The second kappa shape index (κ2) is 5.71. The van der Waals surface area contributed by atoms with Crippen molar-refractivity contribution in [2.45, 2.75) is 10.9 Å². The Hall–Kier alpha value is 1.50. The average molecular weight is 355 g/mol. The lowest BCUT2D eigenvalue weighted by atomic mass is 10.6. The van der Waals surface area contributed by atoms with Crippen LogP contribution in [0.5, 0.6) is 0 Å². The summed E-state index contributed by atoms with van der Waals surface area (Å²) < 4.78 is 17.4. The topological polar surface area (TPSA) is 18.5 Å². The summed E-state index contributed by atoms with van der Waals surface area (Å²) in [6.07, 6.45) is 0. The largest absolute Gasteiger partial charge is 0.361 e. The highest BCUT2D eigenvalue weighted by molar-refractivity contribution is 8.42. The molecule has 0 radical (unpaired) electrons. The first kappa shape index (κ1) is 13.2. The van der Waals surface area contributed by atoms with E-state index in [1.807, 2.05) is 70.6 Å². The van der Waals surface area contributed by atoms with Gasteiger partial charge in [-0.05, 0) is 0 Å². The van der Waals surface area contributed by atoms with Gasteiger partial charge in [0.05, 0.1) is 30.2 Å². The number of ether oxygens (including phenoxy) is 2. The zero-order valence-corrected chi connectivity index (χ0v) is 14.1. The van der Waals surface area contributed by atoms with E-state index < -0.39 is 0 Å². The number of hydrogen-bond donors (Lipinski definition) is 0. The van der Waals surface area contributed by atoms with Crippen LogP contribution in [0.1, 0.15) is 0 Å². The second-order valence-corrected chi connectivity index (χ2v) is 11.3. The fourth-order valence-electron chi connectivity index (χ4n) is 1.80. The molecule has 4 aliphatic heterocycles. The molecule has 0 spiro atoms. The molecule has 4 aliphatic rings. The molecule has 0 aromatic rings. The summed E-state index contributed by atoms with van der Waals surface area (Å²) in [6.45, 7) is 1.46. The van der Waals surface area contributed by atoms with Gasteiger partial charge in [0.25, 0.3) is 0 Å². The Balaban J connectivity index is 1.54. The van der Waals surface area contributed by atoms with E-state index in [0.29, 0.717) is 0 Å². The highest BCUT2D eigenvalue weighted by atomic mass is 32.3. The van der Waals surface area contributed by atoms with Crippen LogP contribution in [0.25, 0.3) is 0 Å². The third-order valence-electron chi connectivity index (χ3n) is 2.57. The van der Waals surface area contributed by atoms with E-state index in [-0.39, 0.29) is 10.9 Å². The Morgan fingerprint density at radius 1 is 0.722 bits per heavy atom. The lowest BCUT2D eigenvalue weighted by Gasteiger charge is -2.33. The number of rotatable bonds is 0. The summed E-state index contributed by atoms with van der Waals surface area (Å²) in [4.78, 5) is 0. The van der Waals surface area contributed by atoms with Crippen molar-refractivity contribution in [1.82, 2.24) is 0 Å². The first-order chi connectivity index (χ1) is 8.90. The average Bonchev–Trinajstić information content (AvgIpc) is 3.04. The maximum absolute atomic E-state index is 5.78. The van der Waals surface area contributed by atoms with Crippen LogP contribution in [0.3, 0.4) is 0 Å². The predicted molar refractivity (Wildman–Crippen MR) is 88.8 cm³/mol. The minimum absolute atomic E-state index is 0.184. The predicted octanol–water partition coefficient (Wildman–Crippen LogP) is 4.38. The summed E-state index contributed by atoms with van der Waals surface area (Å²) >= 11 is 11.6. The summed E-state index contributed by atoms with van der Waals surface area (Å²) in [5, 5.41) is 0. The molecule has 4 heterocycles. The van der Waals surface area contributed by atoms with Crippen LogP contribution in [0.15, 0.2) is 16.9 Å². The molecule has 2 saturated heterocycles. The minimum atomic E-state index is 0.184. The monoisotopic (exact) mass is 354 g/mol. The first-order valence-corrected chi connectivity index (χ1v) is 10.9. The van der Waals surface area contributed by atoms with Crippen molar-refractivity contribution in [3.8, 4) is 0 Å². The Morgan fingerprint density at radius 3 is 1.83 bits per heavy atom. The molecule has 2 atom stereocenters. The standard InChI is InChI=1S/C10H10O2S6/c1-2-12-6-5(11-1)15-9-10(16-6)18-8(17-9)7-13-3-4-14-7/h5-6H,1-4H2/t5-,6+. The van der Waals surface area contributed by atoms with Crippen LogP contribution in [0, 0.1) is 0 Å². The van der Waals surface area contributed by atoms with E-state index in [2.05, 4.69) is 0 Å². The zero-order valence-electron chi connectivity index (χ0n) is 9.25. The maximum atomic E-state index is 5.78. The zero-order chi connectivity index (χ0) is 11.9. The van der Waals surface area contributed by atoms with Crippen LogP contribution in [-0.4, -0.2) is 35.6 Å². The van der Waals surface area contributed by atoms with Gasteiger partial charge in [0.2, 0.25) is 0 Å². The SMILES string of the molecule is C1CO[C@H]2SC3=C(SC(=C4SCCS4)S3)S[C@H]2O1. The van der Waals surface area contributed by atoms with Crippen molar-refractivity contribution >= 4 is 70.6 Å². The summed E-state index contributed by atoms with van der Waals surface area (Å²) in [7, 11) is 0. The molecule has 0 bridgehead atoms. The van der Waals surface area contributed by atoms with E-state index in [9.17, 15) is 0 Å². The highest BCUT2D eigenvalue weighted by Gasteiger charge is 2.40. The molecule has 18 heavy (non-hydrogen) atoms. The molecule has 0 aliphatic carbocycles. The van der Waals surface area contributed by atoms with Gasteiger partial charge >= 0.3 is 0 Å². The van der Waals surface area contributed by atoms with E-state index in [1.54, 1.807) is 0 Å². The smallest absolute Gasteiger partial charge is 0.144 e. The van der Waals surface area contributed by atoms with Crippen molar-refractivity contribution in [2.24, 2.45) is 0 Å². The van der Waals surface area contributed by atoms with E-state index in [1.165, 1.54) is 28.5 Å². The summed E-state index contributed by atoms with van der Waals surface area (Å²) in [5.41, 5.74) is 0.368. The van der Waals surface area contributed by atoms with Gasteiger partial charge in [-0.15, -0.1) is 23.5 Å². The van der Waals surface area contributed by atoms with Crippen molar-refractivity contribution in [1.29, 1.82) is 0 Å². The first-order valence-electron chi connectivity index (χ1n) is 5.56. The molecule has 0 aromatic carbocycles. The molecule has 0 unspecified atom stereocenters. The Bertz CT molecular complexity index is 398. The van der Waals surface area contributed by atoms with Crippen molar-refractivity contribution in [2.75, 3.05) is 24.7 Å². The van der Waals surface area contributed by atoms with E-state index >= 15 is 0 Å². The molecule has 2 fully saturated rings. The number of thioether (sulfide) groups is 6. The van der Waals surface area contributed by atoms with Crippen LogP contribution in [0.4, 0.5) is 0 Å². The van der Waals surface area contributed by atoms with E-state index in [4.69, 9.17) is 9.47 Å². The molecule has 0 N–H and O–H groups in total. The van der Waals surface area contributed by atoms with Crippen molar-refractivity contribution < 1.29 is 9.47 Å². The van der Waals surface area contributed by atoms with Crippen LogP contribution < -0.4 is 0 Å². The third-order valence-corrected chi connectivity index (χ3v) is 11.7. The van der Waals surface area contributed by atoms with Crippen molar-refractivity contribution in [3.05, 3.63) is 16.9 Å². The molecule has 4 rings (SSSR count). The van der Waals surface area contributed by atoms with Gasteiger partial charge in [-0.3, -0.25) is 0 Å². The fourth-order valence-corrected chi connectivity index (χ4v) is 11.0. The highest BCUT2D eigenvalue weighted by Crippen LogP contribution is 2.65. The maximum Gasteiger partial charge on any atom is 0.144 e. The van der Waals surface area contributed by atoms with Gasteiger partial charge in [0.15, 0.2) is 0 Å². The number of fused-ring (bicyclic) bond motifs is 1.